The van der Waals surface area contributed by atoms with Gasteiger partial charge in [-0.05, 0) is 47.5 Å². The highest BCUT2D eigenvalue weighted by Crippen LogP contribution is 2.30. The zero-order valence-corrected chi connectivity index (χ0v) is 29.3. The predicted molar refractivity (Wildman–Crippen MR) is 203 cm³/mol. The molecule has 8 rings (SSSR count). The van der Waals surface area contributed by atoms with E-state index in [2.05, 4.69) is 146 Å². The third-order valence-electron chi connectivity index (χ3n) is 9.59. The monoisotopic (exact) mass is 654 g/mol. The number of fused-ring (bicyclic) bond motifs is 3. The number of nitrogens with zero attached hydrogens (tertiary/aromatic N) is 6. The summed E-state index contributed by atoms with van der Waals surface area (Å²) in [5.41, 5.74) is 6.51. The predicted octanol–water partition coefficient (Wildman–Crippen LogP) is 5.89. The molecule has 6 nitrogen and oxygen atoms in total. The van der Waals surface area contributed by atoms with Crippen molar-refractivity contribution in [1.29, 1.82) is 0 Å². The molecule has 48 heavy (non-hydrogen) atoms. The summed E-state index contributed by atoms with van der Waals surface area (Å²) in [4.78, 5) is 22.6. The van der Waals surface area contributed by atoms with Crippen LogP contribution in [-0.2, 0) is 0 Å². The van der Waals surface area contributed by atoms with Crippen molar-refractivity contribution in [3.05, 3.63) is 146 Å². The second-order valence-electron chi connectivity index (χ2n) is 12.8. The number of rotatable bonds is 7. The molecule has 0 amide bonds. The van der Waals surface area contributed by atoms with E-state index in [0.29, 0.717) is 5.95 Å². The van der Waals surface area contributed by atoms with Crippen LogP contribution >= 0.6 is 0 Å². The molecule has 0 saturated heterocycles. The van der Waals surface area contributed by atoms with Crippen LogP contribution < -0.4 is 20.7 Å². The molecule has 8 aromatic rings. The standard InChI is InChI=1S/C40H34N6Si2/c1-47(30-12-8-10-28(22-30)36-14-4-6-20-42-36)31-16-18-34-35-19-17-33(25-39(35)46(38(34)24-31)40-44-26-41-27-45-40)48(2,3)32-13-9-11-29(23-32)37-15-5-7-21-43-37/h4-27,47H,1-3H3. The first-order valence-corrected chi connectivity index (χ1v) is 21.5. The summed E-state index contributed by atoms with van der Waals surface area (Å²) in [6.45, 7) is 7.25. The van der Waals surface area contributed by atoms with E-state index in [4.69, 9.17) is 0 Å². The van der Waals surface area contributed by atoms with Crippen LogP contribution in [0, 0.1) is 0 Å². The molecule has 0 aliphatic rings. The molecular formula is C40H34N6Si2. The van der Waals surface area contributed by atoms with Crippen molar-refractivity contribution < 1.29 is 0 Å². The lowest BCUT2D eigenvalue weighted by atomic mass is 10.1. The van der Waals surface area contributed by atoms with Gasteiger partial charge in [0.2, 0.25) is 5.95 Å². The van der Waals surface area contributed by atoms with Crippen molar-refractivity contribution in [3.63, 3.8) is 0 Å². The summed E-state index contributed by atoms with van der Waals surface area (Å²) < 4.78 is 2.22. The first-order chi connectivity index (χ1) is 23.5. The molecule has 0 radical (unpaired) electrons. The second-order valence-corrected chi connectivity index (χ2v) is 19.9. The van der Waals surface area contributed by atoms with Gasteiger partial charge in [-0.3, -0.25) is 14.5 Å². The van der Waals surface area contributed by atoms with E-state index in [1.165, 1.54) is 31.5 Å². The van der Waals surface area contributed by atoms with Gasteiger partial charge in [0.1, 0.15) is 20.7 Å². The summed E-state index contributed by atoms with van der Waals surface area (Å²) in [5.74, 6) is 0.627. The van der Waals surface area contributed by atoms with Crippen LogP contribution in [0.3, 0.4) is 0 Å². The molecule has 0 aliphatic carbocycles. The van der Waals surface area contributed by atoms with Crippen LogP contribution in [0.4, 0.5) is 0 Å². The third kappa shape index (κ3) is 5.34. The van der Waals surface area contributed by atoms with Crippen LogP contribution in [0.1, 0.15) is 0 Å². The average Bonchev–Trinajstić information content (AvgIpc) is 3.48. The van der Waals surface area contributed by atoms with Gasteiger partial charge in [-0.1, -0.05) is 125 Å². The number of hydrogen-bond acceptors (Lipinski definition) is 5. The summed E-state index contributed by atoms with van der Waals surface area (Å²) in [6, 6.07) is 43.9. The quantitative estimate of drug-likeness (QED) is 0.201. The van der Waals surface area contributed by atoms with Crippen LogP contribution in [0.25, 0.3) is 50.3 Å². The number of pyridine rings is 2. The van der Waals surface area contributed by atoms with Crippen molar-refractivity contribution in [1.82, 2.24) is 29.5 Å². The van der Waals surface area contributed by atoms with Gasteiger partial charge in [0.25, 0.3) is 0 Å². The van der Waals surface area contributed by atoms with E-state index >= 15 is 0 Å². The first-order valence-electron chi connectivity index (χ1n) is 16.2. The molecular weight excluding hydrogens is 621 g/mol. The van der Waals surface area contributed by atoms with Gasteiger partial charge >= 0.3 is 0 Å². The summed E-state index contributed by atoms with van der Waals surface area (Å²) >= 11 is 0. The van der Waals surface area contributed by atoms with E-state index in [-0.39, 0.29) is 0 Å². The average molecular weight is 655 g/mol. The van der Waals surface area contributed by atoms with Gasteiger partial charge < -0.3 is 0 Å². The molecule has 8 heteroatoms. The molecule has 0 N–H and O–H groups in total. The Morgan fingerprint density at radius 2 is 1.15 bits per heavy atom. The second kappa shape index (κ2) is 12.2. The van der Waals surface area contributed by atoms with Crippen LogP contribution in [0.15, 0.2) is 146 Å². The molecule has 0 aliphatic heterocycles. The molecule has 4 aromatic heterocycles. The van der Waals surface area contributed by atoms with E-state index in [0.717, 1.165) is 33.5 Å². The maximum absolute atomic E-state index is 4.64. The summed E-state index contributed by atoms with van der Waals surface area (Å²) in [5, 5.41) is 7.84. The Morgan fingerprint density at radius 1 is 0.542 bits per heavy atom. The third-order valence-corrected chi connectivity index (χ3v) is 15.8. The number of benzene rings is 4. The molecule has 0 saturated carbocycles. The molecule has 4 heterocycles. The fourth-order valence-corrected chi connectivity index (χ4v) is 11.1. The minimum Gasteiger partial charge on any atom is -0.278 e. The lowest BCUT2D eigenvalue weighted by Gasteiger charge is -2.24. The Bertz CT molecular complexity index is 2390. The molecule has 1 atom stereocenters. The van der Waals surface area contributed by atoms with Gasteiger partial charge in [0.05, 0.1) is 31.2 Å². The number of hydrogen-bond donors (Lipinski definition) is 0. The maximum atomic E-state index is 4.64. The first kappa shape index (κ1) is 29.8. The highest BCUT2D eigenvalue weighted by Gasteiger charge is 2.28. The topological polar surface area (TPSA) is 69.4 Å². The smallest absolute Gasteiger partial charge is 0.237 e. The largest absolute Gasteiger partial charge is 0.278 e. The van der Waals surface area contributed by atoms with E-state index in [1.54, 1.807) is 12.7 Å². The Hall–Kier alpha value is -5.58. The normalized spacial score (nSPS) is 12.4. The van der Waals surface area contributed by atoms with Gasteiger partial charge in [-0.2, -0.15) is 0 Å². The molecule has 4 aromatic carbocycles. The van der Waals surface area contributed by atoms with Crippen LogP contribution in [0.2, 0.25) is 19.6 Å². The van der Waals surface area contributed by atoms with Gasteiger partial charge in [0.15, 0.2) is 0 Å². The Kier molecular flexibility index (Phi) is 7.59. The Balaban J connectivity index is 1.25. The van der Waals surface area contributed by atoms with Crippen molar-refractivity contribution in [2.75, 3.05) is 0 Å². The number of aromatic nitrogens is 6. The highest BCUT2D eigenvalue weighted by molar-refractivity contribution is 7.00. The Labute approximate surface area is 282 Å². The van der Waals surface area contributed by atoms with Crippen molar-refractivity contribution in [3.8, 4) is 28.5 Å². The van der Waals surface area contributed by atoms with Crippen LogP contribution in [-0.4, -0.2) is 46.4 Å². The fourth-order valence-electron chi connectivity index (χ4n) is 6.72. The maximum Gasteiger partial charge on any atom is 0.237 e. The molecule has 0 spiro atoms. The van der Waals surface area contributed by atoms with E-state index in [1.807, 2.05) is 36.7 Å². The van der Waals surface area contributed by atoms with Gasteiger partial charge in [-0.25, -0.2) is 15.0 Å². The van der Waals surface area contributed by atoms with Crippen LogP contribution in [0.5, 0.6) is 0 Å². The van der Waals surface area contributed by atoms with E-state index < -0.39 is 16.9 Å². The minimum atomic E-state index is -2.11. The molecule has 0 fully saturated rings. The highest BCUT2D eigenvalue weighted by atomic mass is 28.3. The minimum absolute atomic E-state index is 0.627. The van der Waals surface area contributed by atoms with Crippen molar-refractivity contribution in [2.45, 2.75) is 19.6 Å². The SMILES string of the molecule is C[SiH](c1cccc(-c2ccccn2)c1)c1ccc2c3ccc([Si](C)(C)c4cccc(-c5ccccn5)c4)cc3n(-c3ncncn3)c2c1. The van der Waals surface area contributed by atoms with Gasteiger partial charge in [-0.15, -0.1) is 0 Å². The van der Waals surface area contributed by atoms with Crippen molar-refractivity contribution in [2.24, 2.45) is 0 Å². The summed E-state index contributed by atoms with van der Waals surface area (Å²) in [6.07, 6.45) is 6.86. The lowest BCUT2D eigenvalue weighted by molar-refractivity contribution is 0.940. The van der Waals surface area contributed by atoms with E-state index in [9.17, 15) is 0 Å². The Morgan fingerprint density at radius 3 is 1.83 bits per heavy atom. The molecule has 232 valence electrons. The zero-order valence-electron chi connectivity index (χ0n) is 27.1. The molecule has 0 bridgehead atoms. The van der Waals surface area contributed by atoms with Crippen molar-refractivity contribution >= 4 is 59.4 Å². The lowest BCUT2D eigenvalue weighted by Crippen LogP contribution is -2.52. The van der Waals surface area contributed by atoms with Gasteiger partial charge in [0, 0.05) is 23.2 Å². The summed E-state index contributed by atoms with van der Waals surface area (Å²) in [7, 11) is -3.65. The zero-order chi connectivity index (χ0) is 32.7. The fraction of sp³-hybridized carbons (Fsp3) is 0.0750. The molecule has 1 unspecified atom stereocenters.